The minimum Gasteiger partial charge on any atom is -0.393 e. The number of aliphatic hydroxyl groups is 1. The van der Waals surface area contributed by atoms with Crippen molar-refractivity contribution in [3.63, 3.8) is 0 Å². The van der Waals surface area contributed by atoms with Crippen LogP contribution in [0.5, 0.6) is 0 Å². The lowest BCUT2D eigenvalue weighted by molar-refractivity contribution is 0.146. The average Bonchev–Trinajstić information content (AvgIpc) is 2.59. The van der Waals surface area contributed by atoms with Gasteiger partial charge in [0, 0.05) is 18.7 Å². The van der Waals surface area contributed by atoms with E-state index in [4.69, 9.17) is 0 Å². The molecule has 0 aliphatic carbocycles. The highest BCUT2D eigenvalue weighted by atomic mass is 16.3. The molecule has 16 heavy (non-hydrogen) atoms. The van der Waals surface area contributed by atoms with Crippen LogP contribution in [0.4, 0.5) is 0 Å². The van der Waals surface area contributed by atoms with Gasteiger partial charge >= 0.3 is 0 Å². The molecule has 1 N–H and O–H groups in total. The molecule has 0 aliphatic heterocycles. The summed E-state index contributed by atoms with van der Waals surface area (Å²) < 4.78 is 2.00. The first-order valence-corrected chi connectivity index (χ1v) is 6.30. The maximum atomic E-state index is 9.93. The fraction of sp³-hybridized carbons (Fsp3) is 0.769. The van der Waals surface area contributed by atoms with Crippen molar-refractivity contribution in [1.29, 1.82) is 0 Å². The van der Waals surface area contributed by atoms with Crippen LogP contribution in [0.3, 0.4) is 0 Å². The van der Waals surface area contributed by atoms with E-state index in [9.17, 15) is 5.11 Å². The van der Waals surface area contributed by atoms with Gasteiger partial charge in [-0.05, 0) is 31.7 Å². The van der Waals surface area contributed by atoms with Crippen molar-refractivity contribution in [2.45, 2.75) is 59.6 Å². The first-order chi connectivity index (χ1) is 7.56. The predicted octanol–water partition coefficient (Wildman–Crippen LogP) is 2.41. The molecular formula is C13H24N2O. The number of aromatic nitrogens is 2. The Bertz CT molecular complexity index is 318. The van der Waals surface area contributed by atoms with Crippen molar-refractivity contribution in [3.05, 3.63) is 17.5 Å². The molecule has 1 aromatic rings. The zero-order valence-corrected chi connectivity index (χ0v) is 10.9. The molecule has 3 nitrogen and oxygen atoms in total. The summed E-state index contributed by atoms with van der Waals surface area (Å²) in [5.74, 6) is 0.540. The lowest BCUT2D eigenvalue weighted by Gasteiger charge is -2.13. The quantitative estimate of drug-likeness (QED) is 0.806. The van der Waals surface area contributed by atoms with Gasteiger partial charge in [-0.25, -0.2) is 0 Å². The summed E-state index contributed by atoms with van der Waals surface area (Å²) in [6, 6.07) is 2.12. The molecule has 0 spiro atoms. The van der Waals surface area contributed by atoms with Gasteiger partial charge in [0.2, 0.25) is 0 Å². The van der Waals surface area contributed by atoms with E-state index >= 15 is 0 Å². The Balaban J connectivity index is 2.67. The molecule has 0 fully saturated rings. The van der Waals surface area contributed by atoms with E-state index in [1.54, 1.807) is 0 Å². The predicted molar refractivity (Wildman–Crippen MR) is 66.4 cm³/mol. The van der Waals surface area contributed by atoms with Gasteiger partial charge in [-0.3, -0.25) is 4.68 Å². The van der Waals surface area contributed by atoms with Crippen LogP contribution in [0, 0.1) is 5.92 Å². The Morgan fingerprint density at radius 1 is 1.38 bits per heavy atom. The highest BCUT2D eigenvalue weighted by molar-refractivity contribution is 5.11. The number of aliphatic hydroxyl groups excluding tert-OH is 1. The summed E-state index contributed by atoms with van der Waals surface area (Å²) in [5.41, 5.74) is 2.28. The summed E-state index contributed by atoms with van der Waals surface area (Å²) in [6.45, 7) is 9.35. The number of hydrogen-bond donors (Lipinski definition) is 1. The van der Waals surface area contributed by atoms with Crippen molar-refractivity contribution in [2.75, 3.05) is 0 Å². The molecule has 0 saturated carbocycles. The third-order valence-electron chi connectivity index (χ3n) is 2.76. The van der Waals surface area contributed by atoms with Gasteiger partial charge in [0.1, 0.15) is 0 Å². The van der Waals surface area contributed by atoms with Crippen LogP contribution in [-0.2, 0) is 19.4 Å². The molecule has 0 amide bonds. The molecule has 92 valence electrons. The number of nitrogens with zero attached hydrogens (tertiary/aromatic N) is 2. The van der Waals surface area contributed by atoms with Crippen molar-refractivity contribution < 1.29 is 5.11 Å². The van der Waals surface area contributed by atoms with E-state index in [0.717, 1.165) is 37.2 Å². The molecule has 1 heterocycles. The van der Waals surface area contributed by atoms with Crippen LogP contribution < -0.4 is 0 Å². The largest absolute Gasteiger partial charge is 0.393 e. The van der Waals surface area contributed by atoms with Gasteiger partial charge in [0.15, 0.2) is 0 Å². The molecular weight excluding hydrogens is 200 g/mol. The first kappa shape index (κ1) is 13.2. The van der Waals surface area contributed by atoms with Crippen molar-refractivity contribution in [3.8, 4) is 0 Å². The SMILES string of the molecule is CCc1cc(CC(O)CC(C)C)n(CC)n1. The average molecular weight is 224 g/mol. The number of rotatable bonds is 6. The van der Waals surface area contributed by atoms with Gasteiger partial charge in [0.05, 0.1) is 11.8 Å². The molecule has 3 heteroatoms. The summed E-state index contributed by atoms with van der Waals surface area (Å²) in [5, 5.41) is 14.4. The topological polar surface area (TPSA) is 38.0 Å². The van der Waals surface area contributed by atoms with E-state index < -0.39 is 0 Å². The highest BCUT2D eigenvalue weighted by Gasteiger charge is 2.12. The van der Waals surface area contributed by atoms with E-state index in [2.05, 4.69) is 38.9 Å². The van der Waals surface area contributed by atoms with Gasteiger partial charge in [-0.1, -0.05) is 20.8 Å². The Hall–Kier alpha value is -0.830. The van der Waals surface area contributed by atoms with Crippen molar-refractivity contribution in [2.24, 2.45) is 5.92 Å². The molecule has 0 saturated heterocycles. The fourth-order valence-electron chi connectivity index (χ4n) is 1.99. The van der Waals surface area contributed by atoms with Gasteiger partial charge in [0.25, 0.3) is 0 Å². The Morgan fingerprint density at radius 2 is 2.06 bits per heavy atom. The maximum absolute atomic E-state index is 9.93. The number of hydrogen-bond acceptors (Lipinski definition) is 2. The Kier molecular flexibility index (Phi) is 5.00. The third-order valence-corrected chi connectivity index (χ3v) is 2.76. The van der Waals surface area contributed by atoms with Crippen LogP contribution in [0.1, 0.15) is 45.5 Å². The van der Waals surface area contributed by atoms with Gasteiger partial charge in [-0.2, -0.15) is 5.10 Å². The Morgan fingerprint density at radius 3 is 2.56 bits per heavy atom. The standard InChI is InChI=1S/C13H24N2O/c1-5-11-8-12(15(6-2)14-11)9-13(16)7-10(3)4/h8,10,13,16H,5-7,9H2,1-4H3. The zero-order valence-electron chi connectivity index (χ0n) is 10.9. The number of aryl methyl sites for hydroxylation is 2. The zero-order chi connectivity index (χ0) is 12.1. The lowest BCUT2D eigenvalue weighted by Crippen LogP contribution is -2.16. The molecule has 0 aromatic carbocycles. The monoisotopic (exact) mass is 224 g/mol. The lowest BCUT2D eigenvalue weighted by atomic mass is 10.0. The van der Waals surface area contributed by atoms with E-state index in [-0.39, 0.29) is 6.10 Å². The van der Waals surface area contributed by atoms with Crippen LogP contribution in [0.25, 0.3) is 0 Å². The summed E-state index contributed by atoms with van der Waals surface area (Å²) in [6.07, 6.45) is 2.29. The second kappa shape index (κ2) is 6.04. The molecule has 1 atom stereocenters. The third kappa shape index (κ3) is 3.63. The van der Waals surface area contributed by atoms with Crippen LogP contribution in [-0.4, -0.2) is 21.0 Å². The maximum Gasteiger partial charge on any atom is 0.0624 e. The second-order valence-electron chi connectivity index (χ2n) is 4.78. The van der Waals surface area contributed by atoms with Crippen LogP contribution in [0.15, 0.2) is 6.07 Å². The van der Waals surface area contributed by atoms with Gasteiger partial charge in [-0.15, -0.1) is 0 Å². The normalized spacial score (nSPS) is 13.4. The van der Waals surface area contributed by atoms with E-state index in [0.29, 0.717) is 5.92 Å². The molecule has 1 unspecified atom stereocenters. The van der Waals surface area contributed by atoms with Crippen LogP contribution >= 0.6 is 0 Å². The smallest absolute Gasteiger partial charge is 0.0624 e. The Labute approximate surface area is 98.5 Å². The summed E-state index contributed by atoms with van der Waals surface area (Å²) >= 11 is 0. The molecule has 0 aliphatic rings. The fourth-order valence-corrected chi connectivity index (χ4v) is 1.99. The van der Waals surface area contributed by atoms with Gasteiger partial charge < -0.3 is 5.11 Å². The highest BCUT2D eigenvalue weighted by Crippen LogP contribution is 2.13. The van der Waals surface area contributed by atoms with E-state index in [1.165, 1.54) is 0 Å². The van der Waals surface area contributed by atoms with Crippen LogP contribution in [0.2, 0.25) is 0 Å². The first-order valence-electron chi connectivity index (χ1n) is 6.30. The minimum absolute atomic E-state index is 0.244. The molecule has 0 bridgehead atoms. The summed E-state index contributed by atoms with van der Waals surface area (Å²) in [4.78, 5) is 0. The minimum atomic E-state index is -0.244. The summed E-state index contributed by atoms with van der Waals surface area (Å²) in [7, 11) is 0. The molecule has 1 rings (SSSR count). The molecule has 1 aromatic heterocycles. The molecule has 0 radical (unpaired) electrons. The van der Waals surface area contributed by atoms with Crippen molar-refractivity contribution in [1.82, 2.24) is 9.78 Å². The second-order valence-corrected chi connectivity index (χ2v) is 4.78. The van der Waals surface area contributed by atoms with E-state index in [1.807, 2.05) is 4.68 Å². The van der Waals surface area contributed by atoms with Crippen molar-refractivity contribution >= 4 is 0 Å².